The lowest BCUT2D eigenvalue weighted by Crippen LogP contribution is -2.28. The van der Waals surface area contributed by atoms with Crippen molar-refractivity contribution < 1.29 is 0 Å². The highest BCUT2D eigenvalue weighted by Gasteiger charge is 2.30. The van der Waals surface area contributed by atoms with Crippen molar-refractivity contribution in [2.75, 3.05) is 16.9 Å². The maximum absolute atomic E-state index is 5.52. The Morgan fingerprint density at radius 3 is 2.68 bits per heavy atom. The van der Waals surface area contributed by atoms with E-state index in [0.717, 1.165) is 18.2 Å². The normalized spacial score (nSPS) is 14.8. The summed E-state index contributed by atoms with van der Waals surface area (Å²) in [5.41, 5.74) is 2.66. The number of nitrogens with zero attached hydrogens (tertiary/aromatic N) is 3. The molecule has 0 aliphatic heterocycles. The number of rotatable bonds is 7. The molecule has 3 N–H and O–H groups in total. The molecule has 5 nitrogen and oxygen atoms in total. The third-order valence-electron chi connectivity index (χ3n) is 3.43. The van der Waals surface area contributed by atoms with Gasteiger partial charge in [0.05, 0.1) is 0 Å². The Labute approximate surface area is 115 Å². The molecule has 0 aromatic carbocycles. The summed E-state index contributed by atoms with van der Waals surface area (Å²) in [4.78, 5) is 11.5. The quantitative estimate of drug-likeness (QED) is 0.585. The van der Waals surface area contributed by atoms with Crippen LogP contribution in [-0.4, -0.2) is 22.6 Å². The van der Waals surface area contributed by atoms with Crippen molar-refractivity contribution in [3.05, 3.63) is 11.9 Å². The zero-order valence-corrected chi connectivity index (χ0v) is 12.2. The van der Waals surface area contributed by atoms with Crippen LogP contribution in [0.25, 0.3) is 0 Å². The van der Waals surface area contributed by atoms with Crippen LogP contribution >= 0.6 is 0 Å². The number of hydrogen-bond acceptors (Lipinski definition) is 5. The molecule has 0 radical (unpaired) electrons. The summed E-state index contributed by atoms with van der Waals surface area (Å²) in [6.45, 7) is 7.50. The first-order chi connectivity index (χ1) is 9.15. The van der Waals surface area contributed by atoms with Gasteiger partial charge in [-0.1, -0.05) is 27.2 Å². The Bertz CT molecular complexity index is 414. The van der Waals surface area contributed by atoms with Gasteiger partial charge in [-0.3, -0.25) is 0 Å². The Hall–Kier alpha value is -1.36. The second-order valence-corrected chi connectivity index (χ2v) is 5.55. The molecular formula is C14H25N5. The minimum atomic E-state index is 0.305. The van der Waals surface area contributed by atoms with Gasteiger partial charge in [0.25, 0.3) is 0 Å². The predicted octanol–water partition coefficient (Wildman–Crippen LogP) is 2.65. The van der Waals surface area contributed by atoms with Crippen LogP contribution in [0.5, 0.6) is 0 Å². The van der Waals surface area contributed by atoms with E-state index in [0.29, 0.717) is 17.8 Å². The molecule has 0 atom stereocenters. The van der Waals surface area contributed by atoms with Crippen molar-refractivity contribution in [2.24, 2.45) is 5.84 Å². The molecule has 1 heterocycles. The molecule has 0 bridgehead atoms. The molecule has 0 saturated heterocycles. The lowest BCUT2D eigenvalue weighted by Gasteiger charge is -2.24. The van der Waals surface area contributed by atoms with E-state index in [1.54, 1.807) is 0 Å². The van der Waals surface area contributed by atoms with E-state index in [1.165, 1.54) is 25.7 Å². The molecule has 1 aromatic heterocycles. The van der Waals surface area contributed by atoms with Crippen LogP contribution in [0.15, 0.2) is 6.07 Å². The van der Waals surface area contributed by atoms with Crippen LogP contribution in [0.2, 0.25) is 0 Å². The summed E-state index contributed by atoms with van der Waals surface area (Å²) in [5.74, 6) is 8.40. The maximum atomic E-state index is 5.52. The van der Waals surface area contributed by atoms with Gasteiger partial charge in [0.1, 0.15) is 17.5 Å². The summed E-state index contributed by atoms with van der Waals surface area (Å²) in [5, 5.41) is 0. The topological polar surface area (TPSA) is 67.1 Å². The number of hydrazine groups is 1. The molecule has 0 amide bonds. The molecule has 1 aliphatic carbocycles. The van der Waals surface area contributed by atoms with Gasteiger partial charge in [-0.25, -0.2) is 15.8 Å². The molecule has 1 saturated carbocycles. The van der Waals surface area contributed by atoms with Crippen LogP contribution in [0, 0.1) is 0 Å². The number of anilines is 2. The molecule has 5 heteroatoms. The first kappa shape index (κ1) is 14.1. The Balaban J connectivity index is 2.26. The largest absolute Gasteiger partial charge is 0.353 e. The minimum Gasteiger partial charge on any atom is -0.353 e. The van der Waals surface area contributed by atoms with Crippen molar-refractivity contribution in [1.82, 2.24) is 9.97 Å². The van der Waals surface area contributed by atoms with Gasteiger partial charge in [-0.2, -0.15) is 0 Å². The van der Waals surface area contributed by atoms with Gasteiger partial charge in [0.2, 0.25) is 0 Å². The summed E-state index contributed by atoms with van der Waals surface area (Å²) < 4.78 is 0. The first-order valence-electron chi connectivity index (χ1n) is 7.28. The molecule has 2 rings (SSSR count). The fourth-order valence-corrected chi connectivity index (χ4v) is 2.13. The van der Waals surface area contributed by atoms with Gasteiger partial charge in [-0.05, 0) is 19.3 Å². The summed E-state index contributed by atoms with van der Waals surface area (Å²) >= 11 is 0. The Kier molecular flexibility index (Phi) is 4.58. The standard InChI is InChI=1S/C14H25N5/c1-4-5-8-19(11-6-7-11)13-9-12(18-15)16-14(17-13)10(2)3/h9-11H,4-8,15H2,1-3H3,(H,16,17,18). The van der Waals surface area contributed by atoms with Crippen LogP contribution in [0.3, 0.4) is 0 Å². The number of hydrogen-bond donors (Lipinski definition) is 2. The average Bonchev–Trinajstić information content (AvgIpc) is 3.23. The first-order valence-corrected chi connectivity index (χ1v) is 7.28. The predicted molar refractivity (Wildman–Crippen MR) is 79.2 cm³/mol. The third-order valence-corrected chi connectivity index (χ3v) is 3.43. The highest BCUT2D eigenvalue weighted by molar-refractivity contribution is 5.50. The van der Waals surface area contributed by atoms with E-state index in [-0.39, 0.29) is 0 Å². The number of aromatic nitrogens is 2. The van der Waals surface area contributed by atoms with E-state index in [4.69, 9.17) is 10.8 Å². The molecule has 1 aromatic rings. The molecule has 1 aliphatic rings. The van der Waals surface area contributed by atoms with E-state index in [1.807, 2.05) is 6.07 Å². The third kappa shape index (κ3) is 3.56. The molecule has 19 heavy (non-hydrogen) atoms. The minimum absolute atomic E-state index is 0.305. The van der Waals surface area contributed by atoms with Gasteiger partial charge in [-0.15, -0.1) is 0 Å². The van der Waals surface area contributed by atoms with Crippen LogP contribution < -0.4 is 16.2 Å². The fourth-order valence-electron chi connectivity index (χ4n) is 2.13. The zero-order chi connectivity index (χ0) is 13.8. The number of nitrogens with two attached hydrogens (primary N) is 1. The van der Waals surface area contributed by atoms with Crippen molar-refractivity contribution in [3.63, 3.8) is 0 Å². The van der Waals surface area contributed by atoms with Gasteiger partial charge in [0, 0.05) is 24.6 Å². The van der Waals surface area contributed by atoms with E-state index in [9.17, 15) is 0 Å². The van der Waals surface area contributed by atoms with Crippen molar-refractivity contribution >= 4 is 11.6 Å². The molecule has 106 valence electrons. The molecule has 1 fully saturated rings. The van der Waals surface area contributed by atoms with Crippen LogP contribution in [0.4, 0.5) is 11.6 Å². The van der Waals surface area contributed by atoms with Gasteiger partial charge < -0.3 is 10.3 Å². The number of nitrogen functional groups attached to an aromatic ring is 1. The second-order valence-electron chi connectivity index (χ2n) is 5.55. The number of nitrogens with one attached hydrogen (secondary N) is 1. The van der Waals surface area contributed by atoms with Crippen molar-refractivity contribution in [3.8, 4) is 0 Å². The Morgan fingerprint density at radius 1 is 1.42 bits per heavy atom. The molecular weight excluding hydrogens is 238 g/mol. The average molecular weight is 263 g/mol. The molecule has 0 unspecified atom stereocenters. The van der Waals surface area contributed by atoms with E-state index in [2.05, 4.69) is 36.1 Å². The smallest absolute Gasteiger partial charge is 0.145 e. The summed E-state index contributed by atoms with van der Waals surface area (Å²) in [6, 6.07) is 2.62. The monoisotopic (exact) mass is 263 g/mol. The Morgan fingerprint density at radius 2 is 2.16 bits per heavy atom. The maximum Gasteiger partial charge on any atom is 0.145 e. The van der Waals surface area contributed by atoms with Crippen LogP contribution in [0.1, 0.15) is 58.2 Å². The fraction of sp³-hybridized carbons (Fsp3) is 0.714. The van der Waals surface area contributed by atoms with Gasteiger partial charge in [0.15, 0.2) is 0 Å². The molecule has 0 spiro atoms. The van der Waals surface area contributed by atoms with Crippen molar-refractivity contribution in [1.29, 1.82) is 0 Å². The van der Waals surface area contributed by atoms with E-state index < -0.39 is 0 Å². The number of unbranched alkanes of at least 4 members (excludes halogenated alkanes) is 1. The second kappa shape index (κ2) is 6.19. The zero-order valence-electron chi connectivity index (χ0n) is 12.2. The SMILES string of the molecule is CCCCN(c1cc(NN)nc(C(C)C)n1)C1CC1. The highest BCUT2D eigenvalue weighted by atomic mass is 15.3. The van der Waals surface area contributed by atoms with Crippen molar-refractivity contribution in [2.45, 2.75) is 58.4 Å². The highest BCUT2D eigenvalue weighted by Crippen LogP contribution is 2.32. The summed E-state index contributed by atoms with van der Waals surface area (Å²) in [7, 11) is 0. The lowest BCUT2D eigenvalue weighted by atomic mass is 10.2. The van der Waals surface area contributed by atoms with Gasteiger partial charge >= 0.3 is 0 Å². The van der Waals surface area contributed by atoms with Crippen LogP contribution in [-0.2, 0) is 0 Å². The lowest BCUT2D eigenvalue weighted by molar-refractivity contribution is 0.692. The summed E-state index contributed by atoms with van der Waals surface area (Å²) in [6.07, 6.45) is 4.95. The van der Waals surface area contributed by atoms with E-state index >= 15 is 0 Å².